The van der Waals surface area contributed by atoms with Gasteiger partial charge in [0.1, 0.15) is 0 Å². The summed E-state index contributed by atoms with van der Waals surface area (Å²) < 4.78 is 15.4. The summed E-state index contributed by atoms with van der Waals surface area (Å²) in [6, 6.07) is 0. The normalized spacial score (nSPS) is 2.00. The monoisotopic (exact) mass is 166 g/mol. The van der Waals surface area contributed by atoms with E-state index in [1.165, 1.54) is 0 Å². The fourth-order valence-corrected chi connectivity index (χ4v) is 0. The summed E-state index contributed by atoms with van der Waals surface area (Å²) in [5, 5.41) is 0. The van der Waals surface area contributed by atoms with Crippen LogP contribution >= 0.6 is 23.7 Å². The molecular weight excluding hydrogens is 166 g/mol. The number of rotatable bonds is 0. The zero-order valence-electron chi connectivity index (χ0n) is 2.28. The summed E-state index contributed by atoms with van der Waals surface area (Å²) in [6.45, 7) is 0. The summed E-state index contributed by atoms with van der Waals surface area (Å²) in [5.74, 6) is 0. The van der Waals surface area contributed by atoms with E-state index in [0.29, 0.717) is 0 Å². The summed E-state index contributed by atoms with van der Waals surface area (Å²) in [4.78, 5) is 0. The Morgan fingerprint density at radius 2 is 0.833 bits per heavy atom. The molecule has 0 saturated heterocycles. The molecule has 0 N–H and O–H groups in total. The molecule has 0 amide bonds. The molecule has 6 heteroatoms. The third kappa shape index (κ3) is 29.4. The maximum Gasteiger partial charge on any atom is -0.231 e. The molecule has 0 aliphatic heterocycles. The molecule has 0 aliphatic rings. The second-order valence-corrected chi connectivity index (χ2v) is 0. The third-order valence-electron chi connectivity index (χ3n) is 0. The molecule has 0 atom stereocenters. The van der Waals surface area contributed by atoms with Gasteiger partial charge in [0.2, 0.25) is 0 Å². The van der Waals surface area contributed by atoms with Crippen molar-refractivity contribution in [1.29, 1.82) is 0 Å². The van der Waals surface area contributed by atoms with Crippen LogP contribution in [-0.2, 0) is 0 Å². The number of hydrogen-bond acceptors (Lipinski definition) is 2. The number of hydrogen-bond donors (Lipinski definition) is 0. The van der Waals surface area contributed by atoms with Crippen LogP contribution in [0.25, 0.3) is 0 Å². The van der Waals surface area contributed by atoms with Crippen molar-refractivity contribution in [2.24, 2.45) is 0 Å². The van der Waals surface area contributed by atoms with Gasteiger partial charge in [-0.1, -0.05) is 0 Å². The van der Waals surface area contributed by atoms with Crippen LogP contribution in [0.15, 0.2) is 0 Å². The largest absolute Gasteiger partial charge is 0.769 e. The predicted molar refractivity (Wildman–Crippen MR) is 24.6 cm³/mol. The van der Waals surface area contributed by atoms with Gasteiger partial charge in [-0.3, -0.25) is 0 Å². The van der Waals surface area contributed by atoms with Crippen LogP contribution in [0.1, 0.15) is 0 Å². The van der Waals surface area contributed by atoms with Crippen molar-refractivity contribution < 1.29 is 9.32 Å². The Balaban J connectivity index is -0.00000000500. The van der Waals surface area contributed by atoms with E-state index < -0.39 is 0 Å². The maximum absolute atomic E-state index is 7.72. The van der Waals surface area contributed by atoms with Gasteiger partial charge < -0.3 is 9.32 Å². The molecule has 0 unspecified atom stereocenters. The zero-order chi connectivity index (χ0) is 4.00. The van der Waals surface area contributed by atoms with Crippen LogP contribution in [0.4, 0.5) is 0 Å². The van der Waals surface area contributed by atoms with Crippen LogP contribution in [0, 0.1) is 0 Å². The maximum atomic E-state index is 7.72. The Morgan fingerprint density at radius 3 is 0.833 bits per heavy atom. The molecule has 6 heavy (non-hydrogen) atoms. The van der Waals surface area contributed by atoms with Gasteiger partial charge in [0, 0.05) is 0 Å². The van der Waals surface area contributed by atoms with Gasteiger partial charge in [-0.25, -0.2) is 23.7 Å². The Hall–Kier alpha value is 2.76. The van der Waals surface area contributed by atoms with Gasteiger partial charge in [0.15, 0.2) is 0 Å². The van der Waals surface area contributed by atoms with Crippen LogP contribution < -0.4 is 9.32 Å². The first-order valence-electron chi connectivity index (χ1n) is 0.309. The fourth-order valence-electron chi connectivity index (χ4n) is 0. The van der Waals surface area contributed by atoms with Gasteiger partial charge in [-0.05, 0) is 0 Å². The van der Waals surface area contributed by atoms with Crippen molar-refractivity contribution in [3.63, 3.8) is 0 Å². The van der Waals surface area contributed by atoms with Crippen LogP contribution in [0.5, 0.6) is 0 Å². The van der Waals surface area contributed by atoms with Gasteiger partial charge in [0.25, 0.3) is 0 Å². The molecule has 0 aromatic rings. The topological polar surface area (TPSA) is 46.1 Å². The van der Waals surface area contributed by atoms with Crippen LogP contribution in [-0.4, -0.2) is 67.3 Å². The fraction of sp³-hybridized carbons (Fsp3) is 0. The minimum atomic E-state index is 0. The average Bonchev–Trinajstić information content (AvgIpc) is 1.50. The molecule has 0 aromatic carbocycles. The minimum absolute atomic E-state index is 0. The standard InChI is InChI=1S/Ca.2ClO.Na.H/c;2*1-2;;/q+2;2*-1;;. The second-order valence-electron chi connectivity index (χ2n) is 0. The molecule has 0 spiro atoms. The molecule has 0 bridgehead atoms. The van der Waals surface area contributed by atoms with Crippen LogP contribution in [0.3, 0.4) is 0 Å². The Bertz CT molecular complexity index is 11.5. The van der Waals surface area contributed by atoms with E-state index >= 15 is 0 Å². The molecule has 2 nitrogen and oxygen atoms in total. The molecule has 30 valence electrons. The molecule has 0 saturated carbocycles. The Labute approximate surface area is 98.4 Å². The van der Waals surface area contributed by atoms with Gasteiger partial charge >= 0.3 is 67.3 Å². The molecule has 0 aromatic heterocycles. The summed E-state index contributed by atoms with van der Waals surface area (Å²) in [7, 11) is 0. The second kappa shape index (κ2) is 46.6. The van der Waals surface area contributed by atoms with E-state index in [0.717, 1.165) is 0 Å². The third-order valence-corrected chi connectivity index (χ3v) is 0. The van der Waals surface area contributed by atoms with E-state index in [9.17, 15) is 0 Å². The molecule has 0 fully saturated rings. The van der Waals surface area contributed by atoms with Gasteiger partial charge in [-0.2, -0.15) is 0 Å². The van der Waals surface area contributed by atoms with Crippen molar-refractivity contribution in [3.8, 4) is 0 Å². The van der Waals surface area contributed by atoms with Gasteiger partial charge in [-0.15, -0.1) is 0 Å². The van der Waals surface area contributed by atoms with Crippen LogP contribution in [0.2, 0.25) is 0 Å². The summed E-state index contributed by atoms with van der Waals surface area (Å²) in [6.07, 6.45) is 0. The molecule has 0 aliphatic carbocycles. The van der Waals surface area contributed by atoms with Crippen molar-refractivity contribution >= 4 is 91.0 Å². The zero-order valence-corrected chi connectivity index (χ0v) is 6.00. The first-order valence-corrected chi connectivity index (χ1v) is 0.926. The van der Waals surface area contributed by atoms with E-state index in [1.54, 1.807) is 0 Å². The smallest absolute Gasteiger partial charge is 0.231 e. The van der Waals surface area contributed by atoms with E-state index in [4.69, 9.17) is 9.32 Å². The predicted octanol–water partition coefficient (Wildman–Crippen LogP) is -2.03. The first-order chi connectivity index (χ1) is 2.00. The molecule has 0 radical (unpaired) electrons. The summed E-state index contributed by atoms with van der Waals surface area (Å²) >= 11 is 6.78. The molecule has 0 heterocycles. The first kappa shape index (κ1) is 23.3. The van der Waals surface area contributed by atoms with Crippen molar-refractivity contribution in [3.05, 3.63) is 0 Å². The Kier molecular flexibility index (Phi) is 181. The SMILES string of the molecule is [Ca+2].[NaH].[O-]Cl.[O-]Cl. The van der Waals surface area contributed by atoms with Crippen molar-refractivity contribution in [2.75, 3.05) is 0 Å². The van der Waals surface area contributed by atoms with Crippen molar-refractivity contribution in [1.82, 2.24) is 0 Å². The quantitative estimate of drug-likeness (QED) is 0.390. The average molecular weight is 167 g/mol. The minimum Gasteiger partial charge on any atom is -0.769 e. The van der Waals surface area contributed by atoms with E-state index in [1.807, 2.05) is 0 Å². The van der Waals surface area contributed by atoms with Crippen molar-refractivity contribution in [2.45, 2.75) is 0 Å². The van der Waals surface area contributed by atoms with Gasteiger partial charge in [0.05, 0.1) is 0 Å². The number of halogens is 2. The van der Waals surface area contributed by atoms with E-state index in [-0.39, 0.29) is 67.3 Å². The molecular formula is HCaCl2NaO2. The summed E-state index contributed by atoms with van der Waals surface area (Å²) in [5.41, 5.74) is 0. The Morgan fingerprint density at radius 1 is 0.833 bits per heavy atom. The molecule has 0 rings (SSSR count). The van der Waals surface area contributed by atoms with E-state index in [2.05, 4.69) is 23.7 Å².